The lowest BCUT2D eigenvalue weighted by atomic mass is 9.96. The molecule has 19 heavy (non-hydrogen) atoms. The molecule has 0 aliphatic carbocycles. The summed E-state index contributed by atoms with van der Waals surface area (Å²) in [7, 11) is 2.21. The zero-order valence-corrected chi connectivity index (χ0v) is 12.3. The topological polar surface area (TPSA) is 32.5 Å². The van der Waals surface area contributed by atoms with Crippen molar-refractivity contribution in [2.45, 2.75) is 31.8 Å². The number of nitrogens with zero attached hydrogens (tertiary/aromatic N) is 2. The highest BCUT2D eigenvalue weighted by Crippen LogP contribution is 2.22. The summed E-state index contributed by atoms with van der Waals surface area (Å²) in [5.41, 5.74) is 7.77. The van der Waals surface area contributed by atoms with Gasteiger partial charge in [-0.3, -0.25) is 4.90 Å². The van der Waals surface area contributed by atoms with E-state index < -0.39 is 0 Å². The summed E-state index contributed by atoms with van der Waals surface area (Å²) in [6, 6.07) is 11.1. The Bertz CT molecular complexity index is 366. The highest BCUT2D eigenvalue weighted by Gasteiger charge is 2.25. The van der Waals surface area contributed by atoms with E-state index in [9.17, 15) is 0 Å². The number of rotatable bonds is 4. The molecule has 0 spiro atoms. The van der Waals surface area contributed by atoms with E-state index in [-0.39, 0.29) is 6.04 Å². The molecular weight excluding hydrogens is 234 g/mol. The van der Waals surface area contributed by atoms with Gasteiger partial charge in [-0.25, -0.2) is 0 Å². The highest BCUT2D eigenvalue weighted by molar-refractivity contribution is 5.20. The zero-order valence-electron chi connectivity index (χ0n) is 12.3. The third-order valence-electron chi connectivity index (χ3n) is 4.24. The largest absolute Gasteiger partial charge is 0.323 e. The van der Waals surface area contributed by atoms with Crippen LogP contribution in [0.25, 0.3) is 0 Å². The molecule has 1 fully saturated rings. The average molecular weight is 261 g/mol. The molecule has 106 valence electrons. The fourth-order valence-electron chi connectivity index (χ4n) is 3.03. The molecule has 2 atom stereocenters. The van der Waals surface area contributed by atoms with Crippen molar-refractivity contribution in [3.8, 4) is 0 Å². The van der Waals surface area contributed by atoms with E-state index in [2.05, 4.69) is 54.1 Å². The molecule has 1 heterocycles. The molecule has 0 saturated carbocycles. The molecular formula is C16H27N3. The first kappa shape index (κ1) is 14.5. The van der Waals surface area contributed by atoms with Crippen LogP contribution in [-0.2, 0) is 0 Å². The average Bonchev–Trinajstić information content (AvgIpc) is 2.66. The Morgan fingerprint density at radius 1 is 1.11 bits per heavy atom. The van der Waals surface area contributed by atoms with Crippen molar-refractivity contribution in [2.24, 2.45) is 5.73 Å². The molecule has 0 amide bonds. The molecule has 1 aliphatic heterocycles. The van der Waals surface area contributed by atoms with Gasteiger partial charge in [-0.2, -0.15) is 0 Å². The summed E-state index contributed by atoms with van der Waals surface area (Å²) in [5.74, 6) is 0. The Hall–Kier alpha value is -0.900. The molecule has 2 unspecified atom stereocenters. The van der Waals surface area contributed by atoms with Gasteiger partial charge in [-0.05, 0) is 38.5 Å². The highest BCUT2D eigenvalue weighted by atomic mass is 15.2. The maximum Gasteiger partial charge on any atom is 0.0453 e. The van der Waals surface area contributed by atoms with Crippen LogP contribution in [-0.4, -0.2) is 49.1 Å². The lowest BCUT2D eigenvalue weighted by molar-refractivity contribution is 0.171. The molecule has 0 bridgehead atoms. The van der Waals surface area contributed by atoms with E-state index in [1.54, 1.807) is 0 Å². The van der Waals surface area contributed by atoms with Gasteiger partial charge < -0.3 is 10.6 Å². The summed E-state index contributed by atoms with van der Waals surface area (Å²) < 4.78 is 0. The van der Waals surface area contributed by atoms with Gasteiger partial charge in [0, 0.05) is 25.2 Å². The van der Waals surface area contributed by atoms with Crippen LogP contribution in [0.2, 0.25) is 0 Å². The van der Waals surface area contributed by atoms with Crippen LogP contribution < -0.4 is 5.73 Å². The molecule has 1 saturated heterocycles. The van der Waals surface area contributed by atoms with E-state index in [0.717, 1.165) is 19.5 Å². The molecule has 2 N–H and O–H groups in total. The number of nitrogens with two attached hydrogens (primary N) is 1. The molecule has 1 aliphatic rings. The summed E-state index contributed by atoms with van der Waals surface area (Å²) in [4.78, 5) is 5.00. The zero-order chi connectivity index (χ0) is 13.7. The number of hydrogen-bond donors (Lipinski definition) is 1. The minimum absolute atomic E-state index is 0.120. The fourth-order valence-corrected chi connectivity index (χ4v) is 3.03. The van der Waals surface area contributed by atoms with Gasteiger partial charge in [0.25, 0.3) is 0 Å². The van der Waals surface area contributed by atoms with E-state index in [1.165, 1.54) is 25.1 Å². The molecule has 3 heteroatoms. The lowest BCUT2D eigenvalue weighted by Crippen LogP contribution is -2.44. The minimum atomic E-state index is 0.120. The van der Waals surface area contributed by atoms with Crippen molar-refractivity contribution in [3.05, 3.63) is 35.9 Å². The van der Waals surface area contributed by atoms with E-state index in [1.807, 2.05) is 0 Å². The van der Waals surface area contributed by atoms with Gasteiger partial charge in [0.1, 0.15) is 0 Å². The number of benzene rings is 1. The Labute approximate surface area is 117 Å². The maximum atomic E-state index is 6.51. The Kier molecular flexibility index (Phi) is 5.37. The van der Waals surface area contributed by atoms with E-state index in [0.29, 0.717) is 6.04 Å². The fraction of sp³-hybridized carbons (Fsp3) is 0.625. The van der Waals surface area contributed by atoms with Crippen LogP contribution in [0.15, 0.2) is 30.3 Å². The summed E-state index contributed by atoms with van der Waals surface area (Å²) in [6.45, 7) is 6.91. The predicted molar refractivity (Wildman–Crippen MR) is 81.1 cm³/mol. The SMILES string of the molecule is CCC(C(N)c1ccccc1)N1CCCN(C)CC1. The van der Waals surface area contributed by atoms with Crippen molar-refractivity contribution in [1.29, 1.82) is 0 Å². The second-order valence-corrected chi connectivity index (χ2v) is 5.60. The van der Waals surface area contributed by atoms with Crippen LogP contribution in [0, 0.1) is 0 Å². The summed E-state index contributed by atoms with van der Waals surface area (Å²) in [5, 5.41) is 0. The first-order chi connectivity index (χ1) is 9.22. The predicted octanol–water partition coefficient (Wildman–Crippen LogP) is 2.10. The summed E-state index contributed by atoms with van der Waals surface area (Å²) in [6.07, 6.45) is 2.36. The van der Waals surface area contributed by atoms with Crippen LogP contribution in [0.4, 0.5) is 0 Å². The molecule has 0 aromatic heterocycles. The summed E-state index contributed by atoms with van der Waals surface area (Å²) >= 11 is 0. The quantitative estimate of drug-likeness (QED) is 0.901. The molecule has 0 radical (unpaired) electrons. The minimum Gasteiger partial charge on any atom is -0.323 e. The van der Waals surface area contributed by atoms with Gasteiger partial charge in [0.15, 0.2) is 0 Å². The van der Waals surface area contributed by atoms with Crippen LogP contribution >= 0.6 is 0 Å². The third kappa shape index (κ3) is 3.78. The first-order valence-electron chi connectivity index (χ1n) is 7.45. The van der Waals surface area contributed by atoms with Gasteiger partial charge in [-0.15, -0.1) is 0 Å². The standard InChI is InChI=1S/C16H27N3/c1-3-15(16(17)14-8-5-4-6-9-14)19-11-7-10-18(2)12-13-19/h4-6,8-9,15-16H,3,7,10-13,17H2,1-2H3. The van der Waals surface area contributed by atoms with Crippen molar-refractivity contribution in [2.75, 3.05) is 33.2 Å². The first-order valence-corrected chi connectivity index (χ1v) is 7.45. The van der Waals surface area contributed by atoms with Crippen molar-refractivity contribution in [1.82, 2.24) is 9.80 Å². The third-order valence-corrected chi connectivity index (χ3v) is 4.24. The molecule has 3 nitrogen and oxygen atoms in total. The van der Waals surface area contributed by atoms with Gasteiger partial charge in [0.05, 0.1) is 0 Å². The molecule has 2 rings (SSSR count). The Morgan fingerprint density at radius 3 is 2.53 bits per heavy atom. The second kappa shape index (κ2) is 7.04. The smallest absolute Gasteiger partial charge is 0.0453 e. The van der Waals surface area contributed by atoms with Gasteiger partial charge in [0.2, 0.25) is 0 Å². The van der Waals surface area contributed by atoms with Crippen molar-refractivity contribution >= 4 is 0 Å². The van der Waals surface area contributed by atoms with Gasteiger partial charge >= 0.3 is 0 Å². The Balaban J connectivity index is 2.06. The number of likely N-dealkylation sites (N-methyl/N-ethyl adjacent to an activating group) is 1. The van der Waals surface area contributed by atoms with Gasteiger partial charge in [-0.1, -0.05) is 37.3 Å². The molecule has 1 aromatic carbocycles. The number of hydrogen-bond acceptors (Lipinski definition) is 3. The van der Waals surface area contributed by atoms with Crippen LogP contribution in [0.5, 0.6) is 0 Å². The van der Waals surface area contributed by atoms with Crippen LogP contribution in [0.3, 0.4) is 0 Å². The van der Waals surface area contributed by atoms with E-state index in [4.69, 9.17) is 5.73 Å². The molecule has 1 aromatic rings. The maximum absolute atomic E-state index is 6.51. The van der Waals surface area contributed by atoms with Crippen molar-refractivity contribution < 1.29 is 0 Å². The van der Waals surface area contributed by atoms with E-state index >= 15 is 0 Å². The monoisotopic (exact) mass is 261 g/mol. The Morgan fingerprint density at radius 2 is 1.84 bits per heavy atom. The second-order valence-electron chi connectivity index (χ2n) is 5.60. The van der Waals surface area contributed by atoms with Crippen molar-refractivity contribution in [3.63, 3.8) is 0 Å². The normalized spacial score (nSPS) is 21.8. The van der Waals surface area contributed by atoms with Crippen LogP contribution in [0.1, 0.15) is 31.4 Å². The lowest BCUT2D eigenvalue weighted by Gasteiger charge is -2.34.